The van der Waals surface area contributed by atoms with Gasteiger partial charge in [0.05, 0.1) is 11.0 Å². The quantitative estimate of drug-likeness (QED) is 0.598. The van der Waals surface area contributed by atoms with Gasteiger partial charge in [-0.15, -0.1) is 0 Å². The van der Waals surface area contributed by atoms with E-state index >= 15 is 0 Å². The highest BCUT2D eigenvalue weighted by atomic mass is 16.1. The van der Waals surface area contributed by atoms with E-state index in [9.17, 15) is 4.79 Å². The van der Waals surface area contributed by atoms with Gasteiger partial charge in [-0.1, -0.05) is 25.1 Å². The summed E-state index contributed by atoms with van der Waals surface area (Å²) in [5, 5.41) is 2.80. The maximum atomic E-state index is 11.0. The molecule has 0 aliphatic heterocycles. The second-order valence-electron chi connectivity index (χ2n) is 5.07. The van der Waals surface area contributed by atoms with E-state index in [2.05, 4.69) is 41.6 Å². The number of rotatable bonds is 8. The lowest BCUT2D eigenvalue weighted by Crippen LogP contribution is -2.21. The largest absolute Gasteiger partial charge is 0.353 e. The van der Waals surface area contributed by atoms with Crippen molar-refractivity contribution < 1.29 is 4.79 Å². The fourth-order valence-corrected chi connectivity index (χ4v) is 2.54. The molecule has 2 aromatic rings. The molecule has 4 heteroatoms. The zero-order valence-corrected chi connectivity index (χ0v) is 12.6. The number of nitrogens with one attached hydrogen (secondary N) is 1. The summed E-state index contributed by atoms with van der Waals surface area (Å²) in [6.07, 6.45) is 5.46. The van der Waals surface area contributed by atoms with Crippen molar-refractivity contribution in [3.05, 3.63) is 42.7 Å². The second kappa shape index (κ2) is 7.62. The maximum absolute atomic E-state index is 11.0. The van der Waals surface area contributed by atoms with Crippen LogP contribution in [0, 0.1) is 0 Å². The highest BCUT2D eigenvalue weighted by Crippen LogP contribution is 2.17. The third-order valence-corrected chi connectivity index (χ3v) is 3.61. The Bertz CT molecular complexity index is 616. The van der Waals surface area contributed by atoms with Crippen LogP contribution < -0.4 is 5.32 Å². The monoisotopic (exact) mass is 285 g/mol. The number of imidazole rings is 1. The molecule has 0 bridgehead atoms. The number of benzene rings is 1. The third-order valence-electron chi connectivity index (χ3n) is 3.61. The SMILES string of the molecule is C=CC(=O)NCCCCCc1nc2ccccc2n1CC. The number of hydrogen-bond donors (Lipinski definition) is 1. The van der Waals surface area contributed by atoms with E-state index < -0.39 is 0 Å². The van der Waals surface area contributed by atoms with Crippen LogP contribution in [0.4, 0.5) is 0 Å². The molecule has 1 heterocycles. The van der Waals surface area contributed by atoms with Crippen LogP contribution >= 0.6 is 0 Å². The van der Waals surface area contributed by atoms with E-state index in [0.29, 0.717) is 0 Å². The third kappa shape index (κ3) is 3.94. The Morgan fingerprint density at radius 1 is 1.33 bits per heavy atom. The minimum atomic E-state index is -0.0947. The van der Waals surface area contributed by atoms with Gasteiger partial charge in [0, 0.05) is 19.5 Å². The Labute approximate surface area is 125 Å². The summed E-state index contributed by atoms with van der Waals surface area (Å²) in [5.41, 5.74) is 2.29. The molecule has 0 aliphatic rings. The molecule has 0 radical (unpaired) electrons. The summed E-state index contributed by atoms with van der Waals surface area (Å²) in [7, 11) is 0. The van der Waals surface area contributed by atoms with Crippen molar-refractivity contribution in [1.82, 2.24) is 14.9 Å². The molecule has 0 spiro atoms. The standard InChI is InChI=1S/C17H23N3O/c1-3-17(21)18-13-9-5-6-12-16-19-14-10-7-8-11-15(14)20(16)4-2/h3,7-8,10-11H,1,4-6,9,12-13H2,2H3,(H,18,21). The van der Waals surface area contributed by atoms with Gasteiger partial charge in [-0.3, -0.25) is 4.79 Å². The van der Waals surface area contributed by atoms with Crippen LogP contribution in [0.25, 0.3) is 11.0 Å². The number of hydrogen-bond acceptors (Lipinski definition) is 2. The number of aryl methyl sites for hydroxylation is 2. The molecule has 4 nitrogen and oxygen atoms in total. The van der Waals surface area contributed by atoms with Crippen LogP contribution in [0.3, 0.4) is 0 Å². The van der Waals surface area contributed by atoms with Crippen LogP contribution in [-0.2, 0) is 17.8 Å². The van der Waals surface area contributed by atoms with Crippen molar-refractivity contribution in [3.8, 4) is 0 Å². The number of aromatic nitrogens is 2. The van der Waals surface area contributed by atoms with Gasteiger partial charge in [-0.05, 0) is 38.0 Å². The highest BCUT2D eigenvalue weighted by Gasteiger charge is 2.08. The van der Waals surface area contributed by atoms with E-state index in [1.165, 1.54) is 11.6 Å². The van der Waals surface area contributed by atoms with Gasteiger partial charge in [-0.2, -0.15) is 0 Å². The van der Waals surface area contributed by atoms with E-state index in [1.807, 2.05) is 6.07 Å². The van der Waals surface area contributed by atoms with Crippen LogP contribution in [0.15, 0.2) is 36.9 Å². The minimum absolute atomic E-state index is 0.0947. The van der Waals surface area contributed by atoms with Gasteiger partial charge >= 0.3 is 0 Å². The van der Waals surface area contributed by atoms with Crippen LogP contribution in [0.5, 0.6) is 0 Å². The molecule has 0 atom stereocenters. The maximum Gasteiger partial charge on any atom is 0.243 e. The normalized spacial score (nSPS) is 10.7. The molecule has 1 aromatic heterocycles. The first-order valence-electron chi connectivity index (χ1n) is 7.60. The average molecular weight is 285 g/mol. The first kappa shape index (κ1) is 15.3. The number of fused-ring (bicyclic) bond motifs is 1. The second-order valence-corrected chi connectivity index (χ2v) is 5.07. The number of carbonyl (C=O) groups excluding carboxylic acids is 1. The topological polar surface area (TPSA) is 46.9 Å². The molecule has 0 saturated carbocycles. The number of unbranched alkanes of at least 4 members (excludes halogenated alkanes) is 2. The molecule has 0 aliphatic carbocycles. The fraction of sp³-hybridized carbons (Fsp3) is 0.412. The van der Waals surface area contributed by atoms with Gasteiger partial charge in [0.1, 0.15) is 5.82 Å². The van der Waals surface area contributed by atoms with Crippen molar-refractivity contribution in [2.75, 3.05) is 6.54 Å². The van der Waals surface area contributed by atoms with E-state index in [1.54, 1.807) is 0 Å². The van der Waals surface area contributed by atoms with Gasteiger partial charge in [-0.25, -0.2) is 4.98 Å². The summed E-state index contributed by atoms with van der Waals surface area (Å²) in [6, 6.07) is 8.28. The predicted molar refractivity (Wildman–Crippen MR) is 86.2 cm³/mol. The number of nitrogens with zero attached hydrogens (tertiary/aromatic N) is 2. The van der Waals surface area contributed by atoms with Crippen LogP contribution in [0.1, 0.15) is 32.0 Å². The Kier molecular flexibility index (Phi) is 5.55. The molecule has 112 valence electrons. The molecular formula is C17H23N3O. The lowest BCUT2D eigenvalue weighted by Gasteiger charge is -2.06. The van der Waals surface area contributed by atoms with Gasteiger partial charge in [0.15, 0.2) is 0 Å². The van der Waals surface area contributed by atoms with Crippen molar-refractivity contribution >= 4 is 16.9 Å². The lowest BCUT2D eigenvalue weighted by molar-refractivity contribution is -0.116. The van der Waals surface area contributed by atoms with Crippen molar-refractivity contribution in [1.29, 1.82) is 0 Å². The van der Waals surface area contributed by atoms with Gasteiger partial charge < -0.3 is 9.88 Å². The van der Waals surface area contributed by atoms with E-state index in [-0.39, 0.29) is 5.91 Å². The average Bonchev–Trinajstić information content (AvgIpc) is 2.87. The molecule has 1 N–H and O–H groups in total. The summed E-state index contributed by atoms with van der Waals surface area (Å²) in [5.74, 6) is 1.07. The Morgan fingerprint density at radius 3 is 2.90 bits per heavy atom. The number of amides is 1. The Balaban J connectivity index is 1.83. The van der Waals surface area contributed by atoms with Crippen molar-refractivity contribution in [3.63, 3.8) is 0 Å². The van der Waals surface area contributed by atoms with Gasteiger partial charge in [0.2, 0.25) is 5.91 Å². The predicted octanol–water partition coefficient (Wildman–Crippen LogP) is 3.07. The molecule has 2 rings (SSSR count). The molecule has 21 heavy (non-hydrogen) atoms. The summed E-state index contributed by atoms with van der Waals surface area (Å²) in [4.78, 5) is 15.7. The summed E-state index contributed by atoms with van der Waals surface area (Å²) >= 11 is 0. The van der Waals surface area contributed by atoms with E-state index in [4.69, 9.17) is 4.98 Å². The van der Waals surface area contributed by atoms with Crippen molar-refractivity contribution in [2.24, 2.45) is 0 Å². The number of carbonyl (C=O) groups is 1. The number of para-hydroxylation sites is 2. The van der Waals surface area contributed by atoms with Crippen LogP contribution in [-0.4, -0.2) is 22.0 Å². The first-order valence-corrected chi connectivity index (χ1v) is 7.60. The Morgan fingerprint density at radius 2 is 2.14 bits per heavy atom. The fourth-order valence-electron chi connectivity index (χ4n) is 2.54. The minimum Gasteiger partial charge on any atom is -0.353 e. The van der Waals surface area contributed by atoms with Crippen molar-refractivity contribution in [2.45, 2.75) is 39.2 Å². The molecule has 0 saturated heterocycles. The Hall–Kier alpha value is -2.10. The summed E-state index contributed by atoms with van der Waals surface area (Å²) < 4.78 is 2.29. The molecule has 0 fully saturated rings. The highest BCUT2D eigenvalue weighted by molar-refractivity contribution is 5.86. The first-order chi connectivity index (χ1) is 10.3. The molecular weight excluding hydrogens is 262 g/mol. The molecule has 0 unspecified atom stereocenters. The summed E-state index contributed by atoms with van der Waals surface area (Å²) in [6.45, 7) is 7.25. The zero-order valence-electron chi connectivity index (χ0n) is 12.6. The molecule has 1 amide bonds. The van der Waals surface area contributed by atoms with Gasteiger partial charge in [0.25, 0.3) is 0 Å². The lowest BCUT2D eigenvalue weighted by atomic mass is 10.2. The molecule has 1 aromatic carbocycles. The van der Waals surface area contributed by atoms with E-state index in [0.717, 1.165) is 50.1 Å². The zero-order chi connectivity index (χ0) is 15.1. The van der Waals surface area contributed by atoms with Crippen LogP contribution in [0.2, 0.25) is 0 Å². The smallest absolute Gasteiger partial charge is 0.243 e.